The minimum Gasteiger partial charge on any atom is -0.493 e. The summed E-state index contributed by atoms with van der Waals surface area (Å²) in [4.78, 5) is 4.00. The van der Waals surface area contributed by atoms with E-state index < -0.39 is 0 Å². The fourth-order valence-corrected chi connectivity index (χ4v) is 1.90. The van der Waals surface area contributed by atoms with E-state index in [4.69, 9.17) is 20.3 Å². The number of benzene rings is 1. The predicted octanol–water partition coefficient (Wildman–Crippen LogP) is 2.13. The molecule has 5 nitrogen and oxygen atoms in total. The van der Waals surface area contributed by atoms with Gasteiger partial charge in [0.05, 0.1) is 12.8 Å². The van der Waals surface area contributed by atoms with Crippen molar-refractivity contribution >= 4 is 17.6 Å². The maximum absolute atomic E-state index is 7.27. The van der Waals surface area contributed by atoms with Gasteiger partial charge in [0.15, 0.2) is 0 Å². The quantitative estimate of drug-likeness (QED) is 0.361. The molecular weight excluding hydrogens is 250 g/mol. The van der Waals surface area contributed by atoms with Crippen LogP contribution < -0.4 is 10.5 Å². The average molecular weight is 263 g/mol. The Morgan fingerprint density at radius 2 is 2.17 bits per heavy atom. The van der Waals surface area contributed by atoms with Gasteiger partial charge in [-0.25, -0.2) is 4.98 Å². The van der Waals surface area contributed by atoms with Crippen LogP contribution in [-0.4, -0.2) is 23.2 Å². The summed E-state index contributed by atoms with van der Waals surface area (Å²) in [6.07, 6.45) is 3.16. The van der Waals surface area contributed by atoms with Crippen LogP contribution >= 0.6 is 11.8 Å². The van der Waals surface area contributed by atoms with Gasteiger partial charge in [0.2, 0.25) is 0 Å². The first-order chi connectivity index (χ1) is 8.75. The van der Waals surface area contributed by atoms with Crippen LogP contribution in [0.15, 0.2) is 46.4 Å². The molecule has 1 aromatic carbocycles. The highest BCUT2D eigenvalue weighted by Crippen LogP contribution is 2.16. The highest BCUT2D eigenvalue weighted by molar-refractivity contribution is 7.99. The van der Waals surface area contributed by atoms with Crippen molar-refractivity contribution < 1.29 is 9.15 Å². The Balaban J connectivity index is 1.75. The van der Waals surface area contributed by atoms with E-state index in [0.29, 0.717) is 17.4 Å². The summed E-state index contributed by atoms with van der Waals surface area (Å²) in [5, 5.41) is 7.91. The second-order valence-corrected chi connectivity index (χ2v) is 4.48. The van der Waals surface area contributed by atoms with Crippen molar-refractivity contribution in [2.24, 2.45) is 5.73 Å². The van der Waals surface area contributed by atoms with Crippen molar-refractivity contribution in [1.29, 1.82) is 5.41 Å². The van der Waals surface area contributed by atoms with Crippen molar-refractivity contribution in [1.82, 2.24) is 4.98 Å². The minimum atomic E-state index is 0.0565. The van der Waals surface area contributed by atoms with Crippen molar-refractivity contribution in [3.63, 3.8) is 0 Å². The Bertz CT molecular complexity index is 497. The molecule has 2 rings (SSSR count). The molecule has 0 aliphatic heterocycles. The van der Waals surface area contributed by atoms with Gasteiger partial charge in [0.25, 0.3) is 5.22 Å². The monoisotopic (exact) mass is 263 g/mol. The fourth-order valence-electron chi connectivity index (χ4n) is 1.30. The molecule has 6 heteroatoms. The molecule has 94 valence electrons. The number of hydrogen-bond acceptors (Lipinski definition) is 5. The molecule has 0 fully saturated rings. The first-order valence-electron chi connectivity index (χ1n) is 5.35. The molecule has 0 radical (unpaired) electrons. The summed E-state index contributed by atoms with van der Waals surface area (Å²) >= 11 is 1.50. The summed E-state index contributed by atoms with van der Waals surface area (Å²) in [7, 11) is 0. The van der Waals surface area contributed by atoms with Crippen LogP contribution in [0.5, 0.6) is 5.75 Å². The van der Waals surface area contributed by atoms with E-state index in [9.17, 15) is 0 Å². The lowest BCUT2D eigenvalue weighted by molar-refractivity contribution is 0.343. The number of hydrogen-bond donors (Lipinski definition) is 2. The van der Waals surface area contributed by atoms with Gasteiger partial charge >= 0.3 is 0 Å². The number of thioether (sulfide) groups is 1. The summed E-state index contributed by atoms with van der Waals surface area (Å²) in [6, 6.07) is 7.12. The predicted molar refractivity (Wildman–Crippen MR) is 70.2 cm³/mol. The molecule has 0 spiro atoms. The van der Waals surface area contributed by atoms with Gasteiger partial charge in [-0.05, 0) is 24.3 Å². The van der Waals surface area contributed by atoms with Gasteiger partial charge in [-0.15, -0.1) is 0 Å². The number of amidine groups is 1. The third kappa shape index (κ3) is 3.53. The number of rotatable bonds is 6. The van der Waals surface area contributed by atoms with E-state index >= 15 is 0 Å². The molecule has 0 unspecified atom stereocenters. The first-order valence-corrected chi connectivity index (χ1v) is 6.34. The SMILES string of the molecule is N=C(N)c1ccc(OCCSc2ncco2)cc1. The minimum absolute atomic E-state index is 0.0565. The van der Waals surface area contributed by atoms with E-state index in [1.54, 1.807) is 36.7 Å². The number of nitrogens with zero attached hydrogens (tertiary/aromatic N) is 1. The van der Waals surface area contributed by atoms with Crippen molar-refractivity contribution in [3.05, 3.63) is 42.3 Å². The van der Waals surface area contributed by atoms with Gasteiger partial charge in [0.1, 0.15) is 17.8 Å². The summed E-state index contributed by atoms with van der Waals surface area (Å²) in [6.45, 7) is 0.562. The van der Waals surface area contributed by atoms with Gasteiger partial charge in [0, 0.05) is 11.3 Å². The van der Waals surface area contributed by atoms with E-state index in [0.717, 1.165) is 11.5 Å². The van der Waals surface area contributed by atoms with E-state index in [1.807, 2.05) is 0 Å². The van der Waals surface area contributed by atoms with Gasteiger partial charge < -0.3 is 14.9 Å². The maximum Gasteiger partial charge on any atom is 0.255 e. The molecule has 0 bridgehead atoms. The molecule has 2 aromatic rings. The first kappa shape index (κ1) is 12.5. The van der Waals surface area contributed by atoms with Gasteiger partial charge in [-0.3, -0.25) is 5.41 Å². The lowest BCUT2D eigenvalue weighted by atomic mass is 10.2. The largest absolute Gasteiger partial charge is 0.493 e. The Labute approximate surface area is 109 Å². The normalized spacial score (nSPS) is 10.2. The van der Waals surface area contributed by atoms with Crippen LogP contribution in [0, 0.1) is 5.41 Å². The Morgan fingerprint density at radius 3 is 2.78 bits per heavy atom. The standard InChI is InChI=1S/C12H13N3O2S/c13-11(14)9-1-3-10(4-2-9)16-7-8-18-12-15-5-6-17-12/h1-6H,7-8H2,(H3,13,14). The number of nitrogen functional groups attached to an aromatic ring is 1. The molecule has 0 aliphatic rings. The average Bonchev–Trinajstić information content (AvgIpc) is 2.88. The van der Waals surface area contributed by atoms with E-state index in [-0.39, 0.29) is 5.84 Å². The Hall–Kier alpha value is -1.95. The lowest BCUT2D eigenvalue weighted by Gasteiger charge is -2.05. The molecule has 0 aliphatic carbocycles. The zero-order valence-corrected chi connectivity index (χ0v) is 10.4. The molecule has 1 aromatic heterocycles. The topological polar surface area (TPSA) is 85.1 Å². The second kappa shape index (κ2) is 6.11. The van der Waals surface area contributed by atoms with Crippen LogP contribution in [0.3, 0.4) is 0 Å². The van der Waals surface area contributed by atoms with Crippen LogP contribution in [0.4, 0.5) is 0 Å². The molecular formula is C12H13N3O2S. The van der Waals surface area contributed by atoms with Gasteiger partial charge in [-0.2, -0.15) is 0 Å². The number of oxazole rings is 1. The number of aromatic nitrogens is 1. The van der Waals surface area contributed by atoms with Crippen LogP contribution in [0.2, 0.25) is 0 Å². The van der Waals surface area contributed by atoms with Crippen LogP contribution in [-0.2, 0) is 0 Å². The molecule has 3 N–H and O–H groups in total. The summed E-state index contributed by atoms with van der Waals surface area (Å²) in [5.41, 5.74) is 6.05. The van der Waals surface area contributed by atoms with Crippen LogP contribution in [0.25, 0.3) is 0 Å². The van der Waals surface area contributed by atoms with Crippen molar-refractivity contribution in [2.45, 2.75) is 5.22 Å². The molecule has 0 atom stereocenters. The third-order valence-electron chi connectivity index (χ3n) is 2.15. The molecule has 0 amide bonds. The van der Waals surface area contributed by atoms with Crippen molar-refractivity contribution in [2.75, 3.05) is 12.4 Å². The number of nitrogens with one attached hydrogen (secondary N) is 1. The molecule has 18 heavy (non-hydrogen) atoms. The highest BCUT2D eigenvalue weighted by Gasteiger charge is 2.00. The second-order valence-electron chi connectivity index (χ2n) is 3.43. The zero-order chi connectivity index (χ0) is 12.8. The molecule has 1 heterocycles. The fraction of sp³-hybridized carbons (Fsp3) is 0.167. The Morgan fingerprint density at radius 1 is 1.39 bits per heavy atom. The zero-order valence-electron chi connectivity index (χ0n) is 9.63. The highest BCUT2D eigenvalue weighted by atomic mass is 32.2. The van der Waals surface area contributed by atoms with E-state index in [1.165, 1.54) is 11.8 Å². The summed E-state index contributed by atoms with van der Waals surface area (Å²) < 4.78 is 10.6. The number of nitrogens with two attached hydrogens (primary N) is 1. The Kier molecular flexibility index (Phi) is 4.25. The third-order valence-corrected chi connectivity index (χ3v) is 2.97. The molecule has 0 saturated carbocycles. The smallest absolute Gasteiger partial charge is 0.255 e. The molecule has 0 saturated heterocycles. The maximum atomic E-state index is 7.27. The summed E-state index contributed by atoms with van der Waals surface area (Å²) in [5.74, 6) is 1.57. The van der Waals surface area contributed by atoms with E-state index in [2.05, 4.69) is 4.98 Å². The number of ether oxygens (including phenoxy) is 1. The lowest BCUT2D eigenvalue weighted by Crippen LogP contribution is -2.10. The van der Waals surface area contributed by atoms with Crippen LogP contribution in [0.1, 0.15) is 5.56 Å². The van der Waals surface area contributed by atoms with Crippen molar-refractivity contribution in [3.8, 4) is 5.75 Å². The van der Waals surface area contributed by atoms with Gasteiger partial charge in [-0.1, -0.05) is 11.8 Å².